The maximum Gasteiger partial charge on any atom is 0.167 e. The van der Waals surface area contributed by atoms with Crippen LogP contribution in [0.3, 0.4) is 0 Å². The van der Waals surface area contributed by atoms with E-state index in [1.165, 1.54) is 0 Å². The Hall–Kier alpha value is -1.28. The van der Waals surface area contributed by atoms with Gasteiger partial charge in [0, 0.05) is 5.39 Å². The number of hydrogen-bond acceptors (Lipinski definition) is 1. The summed E-state index contributed by atoms with van der Waals surface area (Å²) in [5.74, 6) is 0. The van der Waals surface area contributed by atoms with Crippen molar-refractivity contribution in [3.8, 4) is 0 Å². The molecule has 0 radical (unpaired) electrons. The van der Waals surface area contributed by atoms with Gasteiger partial charge in [-0.1, -0.05) is 23.2 Å². The standard InChI is InChI=1S/C11H10ClNO/c1-6-3-7(2)11-8(4-6)10(12)9(5-14)13-11/h3-5,13H,1-2H3. The van der Waals surface area contributed by atoms with Crippen LogP contribution in [-0.2, 0) is 0 Å². The monoisotopic (exact) mass is 207 g/mol. The zero-order valence-electron chi connectivity index (χ0n) is 8.02. The van der Waals surface area contributed by atoms with Crippen molar-refractivity contribution in [2.45, 2.75) is 13.8 Å². The van der Waals surface area contributed by atoms with Crippen LogP contribution in [0.1, 0.15) is 21.6 Å². The van der Waals surface area contributed by atoms with Crippen molar-refractivity contribution < 1.29 is 4.79 Å². The molecule has 3 heteroatoms. The number of halogens is 1. The van der Waals surface area contributed by atoms with E-state index in [-0.39, 0.29) is 0 Å². The first-order chi connectivity index (χ1) is 6.63. The van der Waals surface area contributed by atoms with E-state index in [2.05, 4.69) is 11.1 Å². The van der Waals surface area contributed by atoms with E-state index in [0.29, 0.717) is 10.7 Å². The molecule has 0 amide bonds. The number of H-pyrrole nitrogens is 1. The third-order valence-corrected chi connectivity index (χ3v) is 2.74. The van der Waals surface area contributed by atoms with Gasteiger partial charge in [0.25, 0.3) is 0 Å². The van der Waals surface area contributed by atoms with Crippen LogP contribution in [0, 0.1) is 13.8 Å². The molecule has 0 spiro atoms. The molecule has 2 aromatic rings. The van der Waals surface area contributed by atoms with Crippen LogP contribution >= 0.6 is 11.6 Å². The van der Waals surface area contributed by atoms with Gasteiger partial charge < -0.3 is 4.98 Å². The third kappa shape index (κ3) is 1.23. The van der Waals surface area contributed by atoms with E-state index in [4.69, 9.17) is 11.6 Å². The summed E-state index contributed by atoms with van der Waals surface area (Å²) in [5, 5.41) is 1.44. The van der Waals surface area contributed by atoms with Gasteiger partial charge in [0.15, 0.2) is 6.29 Å². The molecule has 1 heterocycles. The molecule has 72 valence electrons. The number of carbonyl (C=O) groups is 1. The second-order valence-electron chi connectivity index (χ2n) is 3.47. The molecule has 0 saturated carbocycles. The van der Waals surface area contributed by atoms with Crippen molar-refractivity contribution >= 4 is 28.8 Å². The summed E-state index contributed by atoms with van der Waals surface area (Å²) in [6.45, 7) is 4.01. The van der Waals surface area contributed by atoms with Crippen LogP contribution in [-0.4, -0.2) is 11.3 Å². The Morgan fingerprint density at radius 3 is 2.71 bits per heavy atom. The lowest BCUT2D eigenvalue weighted by Crippen LogP contribution is -1.80. The molecule has 0 fully saturated rings. The molecular formula is C11H10ClNO. The van der Waals surface area contributed by atoms with Gasteiger partial charge in [-0.05, 0) is 25.5 Å². The van der Waals surface area contributed by atoms with Gasteiger partial charge in [0.05, 0.1) is 16.2 Å². The van der Waals surface area contributed by atoms with E-state index < -0.39 is 0 Å². The number of rotatable bonds is 1. The van der Waals surface area contributed by atoms with Crippen molar-refractivity contribution in [2.75, 3.05) is 0 Å². The maximum absolute atomic E-state index is 10.7. The number of nitrogens with one attached hydrogen (secondary N) is 1. The van der Waals surface area contributed by atoms with Crippen LogP contribution in [0.25, 0.3) is 10.9 Å². The summed E-state index contributed by atoms with van der Waals surface area (Å²) < 4.78 is 0. The van der Waals surface area contributed by atoms with E-state index >= 15 is 0 Å². The van der Waals surface area contributed by atoms with Crippen LogP contribution in [0.5, 0.6) is 0 Å². The van der Waals surface area contributed by atoms with Crippen molar-refractivity contribution in [1.82, 2.24) is 4.98 Å². The Morgan fingerprint density at radius 2 is 2.07 bits per heavy atom. The molecule has 0 unspecified atom stereocenters. The van der Waals surface area contributed by atoms with Gasteiger partial charge in [-0.25, -0.2) is 0 Å². The topological polar surface area (TPSA) is 32.9 Å². The second-order valence-corrected chi connectivity index (χ2v) is 3.85. The second kappa shape index (κ2) is 3.14. The normalized spacial score (nSPS) is 10.8. The highest BCUT2D eigenvalue weighted by molar-refractivity contribution is 6.38. The van der Waals surface area contributed by atoms with Crippen LogP contribution in [0.4, 0.5) is 0 Å². The number of hydrogen-bond donors (Lipinski definition) is 1. The third-order valence-electron chi connectivity index (χ3n) is 2.33. The minimum Gasteiger partial charge on any atom is -0.351 e. The molecule has 2 rings (SSSR count). The predicted molar refractivity (Wildman–Crippen MR) is 58.2 cm³/mol. The summed E-state index contributed by atoms with van der Waals surface area (Å²) in [4.78, 5) is 13.7. The van der Waals surface area contributed by atoms with Gasteiger partial charge in [-0.2, -0.15) is 0 Å². The Labute approximate surface area is 86.9 Å². The minimum atomic E-state index is 0.454. The molecule has 0 aliphatic carbocycles. The van der Waals surface area contributed by atoms with Gasteiger partial charge >= 0.3 is 0 Å². The first-order valence-corrected chi connectivity index (χ1v) is 4.75. The lowest BCUT2D eigenvalue weighted by Gasteiger charge is -1.98. The SMILES string of the molecule is Cc1cc(C)c2[nH]c(C=O)c(Cl)c2c1. The Bertz CT molecular complexity index is 513. The number of aromatic amines is 1. The lowest BCUT2D eigenvalue weighted by molar-refractivity contribution is 0.112. The van der Waals surface area contributed by atoms with Crippen molar-refractivity contribution in [1.29, 1.82) is 0 Å². The zero-order chi connectivity index (χ0) is 10.3. The minimum absolute atomic E-state index is 0.454. The highest BCUT2D eigenvalue weighted by Crippen LogP contribution is 2.29. The Kier molecular flexibility index (Phi) is 2.08. The number of aryl methyl sites for hydroxylation is 2. The molecule has 14 heavy (non-hydrogen) atoms. The van der Waals surface area contributed by atoms with E-state index in [9.17, 15) is 4.79 Å². The van der Waals surface area contributed by atoms with Crippen LogP contribution < -0.4 is 0 Å². The lowest BCUT2D eigenvalue weighted by atomic mass is 10.1. The van der Waals surface area contributed by atoms with Gasteiger partial charge in [0.1, 0.15) is 0 Å². The Morgan fingerprint density at radius 1 is 1.36 bits per heavy atom. The van der Waals surface area contributed by atoms with Crippen LogP contribution in [0.2, 0.25) is 5.02 Å². The van der Waals surface area contributed by atoms with Gasteiger partial charge in [-0.3, -0.25) is 4.79 Å². The average Bonchev–Trinajstić information content (AvgIpc) is 2.44. The number of benzene rings is 1. The Balaban J connectivity index is 2.91. The van der Waals surface area contributed by atoms with Crippen molar-refractivity contribution in [3.05, 3.63) is 34.0 Å². The summed E-state index contributed by atoms with van der Waals surface area (Å²) in [6, 6.07) is 4.04. The summed E-state index contributed by atoms with van der Waals surface area (Å²) in [5.41, 5.74) is 3.65. The average molecular weight is 208 g/mol. The summed E-state index contributed by atoms with van der Waals surface area (Å²) in [7, 11) is 0. The first-order valence-electron chi connectivity index (χ1n) is 4.37. The zero-order valence-corrected chi connectivity index (χ0v) is 8.77. The maximum atomic E-state index is 10.7. The van der Waals surface area contributed by atoms with Gasteiger partial charge in [0.2, 0.25) is 0 Å². The fourth-order valence-electron chi connectivity index (χ4n) is 1.72. The molecule has 0 saturated heterocycles. The molecule has 1 aromatic carbocycles. The highest BCUT2D eigenvalue weighted by atomic mass is 35.5. The highest BCUT2D eigenvalue weighted by Gasteiger charge is 2.10. The predicted octanol–water partition coefficient (Wildman–Crippen LogP) is 3.25. The van der Waals surface area contributed by atoms with Crippen molar-refractivity contribution in [2.24, 2.45) is 0 Å². The quantitative estimate of drug-likeness (QED) is 0.716. The molecule has 0 bridgehead atoms. The smallest absolute Gasteiger partial charge is 0.167 e. The first kappa shape index (κ1) is 9.28. The summed E-state index contributed by atoms with van der Waals surface area (Å²) >= 11 is 6.04. The van der Waals surface area contributed by atoms with Crippen LogP contribution in [0.15, 0.2) is 12.1 Å². The van der Waals surface area contributed by atoms with E-state index in [1.54, 1.807) is 0 Å². The molecule has 0 aliphatic heterocycles. The van der Waals surface area contributed by atoms with E-state index in [0.717, 1.165) is 28.3 Å². The molecule has 1 N–H and O–H groups in total. The molecule has 1 aromatic heterocycles. The number of fused-ring (bicyclic) bond motifs is 1. The largest absolute Gasteiger partial charge is 0.351 e. The molecule has 0 aliphatic rings. The molecule has 2 nitrogen and oxygen atoms in total. The summed E-state index contributed by atoms with van der Waals surface area (Å²) in [6.07, 6.45) is 0.747. The fourth-order valence-corrected chi connectivity index (χ4v) is 1.96. The number of aromatic nitrogens is 1. The van der Waals surface area contributed by atoms with Gasteiger partial charge in [-0.15, -0.1) is 0 Å². The fraction of sp³-hybridized carbons (Fsp3) is 0.182. The number of aldehydes is 1. The van der Waals surface area contributed by atoms with E-state index in [1.807, 2.05) is 19.9 Å². The van der Waals surface area contributed by atoms with Crippen molar-refractivity contribution in [3.63, 3.8) is 0 Å². The number of carbonyl (C=O) groups excluding carboxylic acids is 1. The molecular weight excluding hydrogens is 198 g/mol. The molecule has 0 atom stereocenters.